The normalized spacial score (nSPS) is 50.2. The Hall–Kier alpha value is -0.500. The number of aliphatic hydroxyl groups is 4. The fourth-order valence-corrected chi connectivity index (χ4v) is 4.42. The Morgan fingerprint density at radius 3 is 2.45 bits per heavy atom. The summed E-state index contributed by atoms with van der Waals surface area (Å²) in [5.74, 6) is 0.604. The summed E-state index contributed by atoms with van der Waals surface area (Å²) in [5, 5.41) is 39.0. The standard InChI is InChI=1S/C16H26O6/c1-7-4-5-8-14(10(7)16(8,2)3)22-15-13(20)12(19)11(18)9(6-17)21-15/h4,8-15,17-20H,5-6H2,1-3H3/t8-,9+,10+,11+,12-,13+,14-,15-/m0/s1. The summed E-state index contributed by atoms with van der Waals surface area (Å²) in [7, 11) is 0. The van der Waals surface area contributed by atoms with Crippen molar-refractivity contribution in [3.8, 4) is 0 Å². The molecule has 126 valence electrons. The Morgan fingerprint density at radius 2 is 1.91 bits per heavy atom. The molecule has 0 radical (unpaired) electrons. The van der Waals surface area contributed by atoms with Gasteiger partial charge in [-0.3, -0.25) is 0 Å². The Balaban J connectivity index is 1.73. The van der Waals surface area contributed by atoms with E-state index in [1.54, 1.807) is 0 Å². The molecular weight excluding hydrogens is 288 g/mol. The third kappa shape index (κ3) is 2.25. The van der Waals surface area contributed by atoms with Gasteiger partial charge in [-0.1, -0.05) is 25.5 Å². The molecule has 8 atom stereocenters. The lowest BCUT2D eigenvalue weighted by Crippen LogP contribution is -2.65. The van der Waals surface area contributed by atoms with Crippen LogP contribution in [0.25, 0.3) is 0 Å². The molecule has 0 unspecified atom stereocenters. The van der Waals surface area contributed by atoms with Crippen molar-refractivity contribution in [2.24, 2.45) is 17.3 Å². The molecule has 0 aromatic heterocycles. The minimum absolute atomic E-state index is 0.0681. The van der Waals surface area contributed by atoms with E-state index in [0.717, 1.165) is 6.42 Å². The lowest BCUT2D eigenvalue weighted by Gasteiger charge is -2.62. The van der Waals surface area contributed by atoms with Crippen LogP contribution in [-0.4, -0.2) is 63.8 Å². The molecular formula is C16H26O6. The van der Waals surface area contributed by atoms with E-state index < -0.39 is 37.3 Å². The second kappa shape index (κ2) is 5.54. The molecule has 2 fully saturated rings. The molecule has 22 heavy (non-hydrogen) atoms. The van der Waals surface area contributed by atoms with E-state index in [1.807, 2.05) is 0 Å². The molecule has 4 N–H and O–H groups in total. The molecule has 2 bridgehead atoms. The molecule has 0 amide bonds. The van der Waals surface area contributed by atoms with Crippen LogP contribution >= 0.6 is 0 Å². The van der Waals surface area contributed by atoms with Crippen molar-refractivity contribution < 1.29 is 29.9 Å². The van der Waals surface area contributed by atoms with E-state index in [9.17, 15) is 20.4 Å². The smallest absolute Gasteiger partial charge is 0.187 e. The van der Waals surface area contributed by atoms with Crippen molar-refractivity contribution in [1.29, 1.82) is 0 Å². The number of fused-ring (bicyclic) bond motifs is 1. The zero-order chi connectivity index (χ0) is 16.2. The first-order chi connectivity index (χ1) is 10.3. The van der Waals surface area contributed by atoms with Crippen molar-refractivity contribution in [3.63, 3.8) is 0 Å². The van der Waals surface area contributed by atoms with Gasteiger partial charge in [-0.2, -0.15) is 0 Å². The fourth-order valence-electron chi connectivity index (χ4n) is 4.42. The summed E-state index contributed by atoms with van der Waals surface area (Å²) < 4.78 is 11.4. The number of hydrogen-bond donors (Lipinski definition) is 4. The van der Waals surface area contributed by atoms with Crippen molar-refractivity contribution in [3.05, 3.63) is 11.6 Å². The van der Waals surface area contributed by atoms with Crippen LogP contribution < -0.4 is 0 Å². The molecule has 4 rings (SSSR count). The molecule has 1 saturated carbocycles. The van der Waals surface area contributed by atoms with Gasteiger partial charge in [0.25, 0.3) is 0 Å². The molecule has 3 aliphatic carbocycles. The van der Waals surface area contributed by atoms with Crippen LogP contribution in [0.15, 0.2) is 11.6 Å². The SMILES string of the molecule is CC1=CC[C@H]2[C@H](O[C@@H]3O[C@H](CO)[C@@H](O)[C@H](O)[C@H]3O)[C@@H]1C2(C)C. The van der Waals surface area contributed by atoms with E-state index in [0.29, 0.717) is 5.92 Å². The van der Waals surface area contributed by atoms with Crippen LogP contribution in [0.4, 0.5) is 0 Å². The highest BCUT2D eigenvalue weighted by Gasteiger charge is 2.60. The summed E-state index contributed by atoms with van der Waals surface area (Å²) >= 11 is 0. The van der Waals surface area contributed by atoms with Crippen LogP contribution in [0, 0.1) is 17.3 Å². The second-order valence-corrected chi connectivity index (χ2v) is 7.39. The van der Waals surface area contributed by atoms with Gasteiger partial charge in [-0.05, 0) is 24.7 Å². The first-order valence-electron chi connectivity index (χ1n) is 7.91. The summed E-state index contributed by atoms with van der Waals surface area (Å²) in [4.78, 5) is 0. The van der Waals surface area contributed by atoms with E-state index in [1.165, 1.54) is 5.57 Å². The van der Waals surface area contributed by atoms with Crippen LogP contribution in [0.2, 0.25) is 0 Å². The lowest BCUT2D eigenvalue weighted by molar-refractivity contribution is -0.339. The number of allylic oxidation sites excluding steroid dienone is 1. The molecule has 4 aliphatic rings. The molecule has 0 aromatic carbocycles. The van der Waals surface area contributed by atoms with Crippen molar-refractivity contribution in [2.45, 2.75) is 64.0 Å². The number of rotatable bonds is 3. The maximum absolute atomic E-state index is 10.1. The molecule has 0 aromatic rings. The predicted octanol–water partition coefficient (Wildman–Crippen LogP) is -0.206. The molecule has 0 spiro atoms. The molecule has 1 saturated heterocycles. The highest BCUT2D eigenvalue weighted by Crippen LogP contribution is 2.60. The topological polar surface area (TPSA) is 99.4 Å². The zero-order valence-electron chi connectivity index (χ0n) is 13.2. The van der Waals surface area contributed by atoms with Crippen LogP contribution in [0.3, 0.4) is 0 Å². The van der Waals surface area contributed by atoms with Gasteiger partial charge in [-0.15, -0.1) is 0 Å². The number of hydrogen-bond acceptors (Lipinski definition) is 6. The summed E-state index contributed by atoms with van der Waals surface area (Å²) in [6, 6.07) is 0. The minimum atomic E-state index is -1.39. The zero-order valence-corrected chi connectivity index (χ0v) is 13.2. The van der Waals surface area contributed by atoms with Crippen LogP contribution in [0.5, 0.6) is 0 Å². The second-order valence-electron chi connectivity index (χ2n) is 7.39. The average Bonchev–Trinajstić information content (AvgIpc) is 2.47. The third-order valence-electron chi connectivity index (χ3n) is 5.81. The average molecular weight is 314 g/mol. The third-order valence-corrected chi connectivity index (χ3v) is 5.81. The number of ether oxygens (including phenoxy) is 2. The quantitative estimate of drug-likeness (QED) is 0.538. The van der Waals surface area contributed by atoms with E-state index in [2.05, 4.69) is 26.8 Å². The van der Waals surface area contributed by atoms with E-state index in [4.69, 9.17) is 9.47 Å². The van der Waals surface area contributed by atoms with Gasteiger partial charge in [0, 0.05) is 5.92 Å². The van der Waals surface area contributed by atoms with Crippen molar-refractivity contribution in [1.82, 2.24) is 0 Å². The first-order valence-corrected chi connectivity index (χ1v) is 7.91. The van der Waals surface area contributed by atoms with Gasteiger partial charge < -0.3 is 29.9 Å². The Kier molecular flexibility index (Phi) is 4.12. The Labute approximate surface area is 130 Å². The van der Waals surface area contributed by atoms with Gasteiger partial charge >= 0.3 is 0 Å². The van der Waals surface area contributed by atoms with E-state index >= 15 is 0 Å². The summed E-state index contributed by atoms with van der Waals surface area (Å²) in [6.45, 7) is 6.08. The van der Waals surface area contributed by atoms with Gasteiger partial charge in [0.05, 0.1) is 12.7 Å². The molecule has 1 heterocycles. The minimum Gasteiger partial charge on any atom is -0.394 e. The maximum atomic E-state index is 10.1. The fraction of sp³-hybridized carbons (Fsp3) is 0.875. The first kappa shape index (κ1) is 16.4. The predicted molar refractivity (Wildman–Crippen MR) is 77.8 cm³/mol. The van der Waals surface area contributed by atoms with Crippen LogP contribution in [0.1, 0.15) is 27.2 Å². The Morgan fingerprint density at radius 1 is 1.23 bits per heavy atom. The van der Waals surface area contributed by atoms with E-state index in [-0.39, 0.29) is 17.4 Å². The highest BCUT2D eigenvalue weighted by atomic mass is 16.7. The van der Waals surface area contributed by atoms with Crippen LogP contribution in [-0.2, 0) is 9.47 Å². The molecule has 6 nitrogen and oxygen atoms in total. The van der Waals surface area contributed by atoms with Gasteiger partial charge in [0.2, 0.25) is 0 Å². The lowest BCUT2D eigenvalue weighted by atomic mass is 9.47. The Bertz CT molecular complexity index is 460. The van der Waals surface area contributed by atoms with Gasteiger partial charge in [0.1, 0.15) is 24.4 Å². The summed E-state index contributed by atoms with van der Waals surface area (Å²) in [5.41, 5.74) is 1.43. The molecule has 1 aliphatic heterocycles. The van der Waals surface area contributed by atoms with Gasteiger partial charge in [-0.25, -0.2) is 0 Å². The largest absolute Gasteiger partial charge is 0.394 e. The monoisotopic (exact) mass is 314 g/mol. The van der Waals surface area contributed by atoms with Gasteiger partial charge in [0.15, 0.2) is 6.29 Å². The number of aliphatic hydroxyl groups excluding tert-OH is 4. The summed E-state index contributed by atoms with van der Waals surface area (Å²) in [6.07, 6.45) is -2.93. The van der Waals surface area contributed by atoms with Crippen molar-refractivity contribution in [2.75, 3.05) is 6.61 Å². The molecule has 6 heteroatoms. The maximum Gasteiger partial charge on any atom is 0.187 e. The van der Waals surface area contributed by atoms with Crippen molar-refractivity contribution >= 4 is 0 Å². The highest BCUT2D eigenvalue weighted by molar-refractivity contribution is 5.25.